The highest BCUT2D eigenvalue weighted by Crippen LogP contribution is 2.28. The Morgan fingerprint density at radius 3 is 2.58 bits per heavy atom. The molecule has 2 N–H and O–H groups in total. The van der Waals surface area contributed by atoms with Crippen molar-refractivity contribution in [2.45, 2.75) is 38.3 Å². The molecule has 19 heavy (non-hydrogen) atoms. The Bertz CT molecular complexity index is 414. The number of aliphatic hydroxyl groups is 1. The highest BCUT2D eigenvalue weighted by atomic mass is 35.5. The molecule has 0 spiro atoms. The smallest absolute Gasteiger partial charge is 0.0662 e. The van der Waals surface area contributed by atoms with Crippen LogP contribution in [0.15, 0.2) is 24.3 Å². The van der Waals surface area contributed by atoms with Gasteiger partial charge in [-0.25, -0.2) is 0 Å². The number of halogens is 1. The third-order valence-electron chi connectivity index (χ3n) is 4.02. The third-order valence-corrected chi connectivity index (χ3v) is 4.26. The van der Waals surface area contributed by atoms with Crippen LogP contribution < -0.4 is 5.32 Å². The Hall–Kier alpha value is -0.770. The zero-order valence-corrected chi connectivity index (χ0v) is 12.5. The molecule has 106 valence electrons. The molecule has 0 aliphatic carbocycles. The van der Waals surface area contributed by atoms with Gasteiger partial charge in [-0.15, -0.1) is 0 Å². The van der Waals surface area contributed by atoms with Gasteiger partial charge in [0.15, 0.2) is 0 Å². The summed E-state index contributed by atoms with van der Waals surface area (Å²) in [5, 5.41) is 14.0. The van der Waals surface area contributed by atoms with Crippen molar-refractivity contribution in [3.63, 3.8) is 0 Å². The van der Waals surface area contributed by atoms with Crippen LogP contribution in [0.2, 0.25) is 5.02 Å². The summed E-state index contributed by atoms with van der Waals surface area (Å²) in [7, 11) is 0. The van der Waals surface area contributed by atoms with E-state index in [1.165, 1.54) is 0 Å². The standard InChI is InChI=1S/C15H23ClN2O/c1-12(2)18-8-6-15(11-19,7-9-18)17-14-5-3-4-13(16)10-14/h3-5,10,12,17,19H,6-9,11H2,1-2H3. The van der Waals surface area contributed by atoms with Gasteiger partial charge in [0.2, 0.25) is 0 Å². The minimum absolute atomic E-state index is 0.158. The molecule has 1 aromatic carbocycles. The molecule has 0 saturated carbocycles. The molecule has 3 nitrogen and oxygen atoms in total. The summed E-state index contributed by atoms with van der Waals surface area (Å²) in [6.45, 7) is 6.63. The number of hydrogen-bond acceptors (Lipinski definition) is 3. The van der Waals surface area contributed by atoms with E-state index >= 15 is 0 Å². The summed E-state index contributed by atoms with van der Waals surface area (Å²) < 4.78 is 0. The number of nitrogens with one attached hydrogen (secondary N) is 1. The van der Waals surface area contributed by atoms with Gasteiger partial charge in [0.1, 0.15) is 0 Å². The topological polar surface area (TPSA) is 35.5 Å². The second kappa shape index (κ2) is 6.12. The van der Waals surface area contributed by atoms with E-state index in [-0.39, 0.29) is 12.1 Å². The second-order valence-corrected chi connectivity index (χ2v) is 6.14. The normalized spacial score (nSPS) is 19.6. The lowest BCUT2D eigenvalue weighted by atomic mass is 9.87. The number of hydrogen-bond donors (Lipinski definition) is 2. The van der Waals surface area contributed by atoms with E-state index in [2.05, 4.69) is 24.1 Å². The zero-order chi connectivity index (χ0) is 13.9. The van der Waals surface area contributed by atoms with Gasteiger partial charge in [-0.2, -0.15) is 0 Å². The number of anilines is 1. The largest absolute Gasteiger partial charge is 0.394 e. The number of nitrogens with zero attached hydrogens (tertiary/aromatic N) is 1. The van der Waals surface area contributed by atoms with E-state index in [0.717, 1.165) is 36.6 Å². The highest BCUT2D eigenvalue weighted by Gasteiger charge is 2.34. The maximum Gasteiger partial charge on any atom is 0.0662 e. The second-order valence-electron chi connectivity index (χ2n) is 5.70. The first-order valence-electron chi connectivity index (χ1n) is 6.93. The van der Waals surface area contributed by atoms with E-state index in [4.69, 9.17) is 11.6 Å². The quantitative estimate of drug-likeness (QED) is 0.891. The molecule has 1 saturated heterocycles. The first kappa shape index (κ1) is 14.6. The molecule has 1 fully saturated rings. The molecule has 0 bridgehead atoms. The summed E-state index contributed by atoms with van der Waals surface area (Å²) in [6, 6.07) is 8.27. The SMILES string of the molecule is CC(C)N1CCC(CO)(Nc2cccc(Cl)c2)CC1. The maximum atomic E-state index is 9.78. The van der Waals surface area contributed by atoms with Gasteiger partial charge in [0, 0.05) is 29.8 Å². The first-order chi connectivity index (χ1) is 9.04. The van der Waals surface area contributed by atoms with Gasteiger partial charge in [0.25, 0.3) is 0 Å². The van der Waals surface area contributed by atoms with Crippen molar-refractivity contribution in [2.24, 2.45) is 0 Å². The average molecular weight is 283 g/mol. The van der Waals surface area contributed by atoms with Crippen molar-refractivity contribution in [3.8, 4) is 0 Å². The van der Waals surface area contributed by atoms with Crippen molar-refractivity contribution in [1.82, 2.24) is 4.90 Å². The lowest BCUT2D eigenvalue weighted by Gasteiger charge is -2.43. The van der Waals surface area contributed by atoms with Gasteiger partial charge < -0.3 is 15.3 Å². The molecule has 0 atom stereocenters. The highest BCUT2D eigenvalue weighted by molar-refractivity contribution is 6.30. The van der Waals surface area contributed by atoms with Crippen LogP contribution in [-0.4, -0.2) is 41.3 Å². The monoisotopic (exact) mass is 282 g/mol. The molecule has 2 rings (SSSR count). The van der Waals surface area contributed by atoms with Crippen molar-refractivity contribution in [3.05, 3.63) is 29.3 Å². The van der Waals surface area contributed by atoms with E-state index in [1.54, 1.807) is 0 Å². The van der Waals surface area contributed by atoms with Crippen LogP contribution in [0.3, 0.4) is 0 Å². The number of aliphatic hydroxyl groups excluding tert-OH is 1. The van der Waals surface area contributed by atoms with Crippen LogP contribution in [0.1, 0.15) is 26.7 Å². The van der Waals surface area contributed by atoms with Gasteiger partial charge >= 0.3 is 0 Å². The fourth-order valence-electron chi connectivity index (χ4n) is 2.66. The van der Waals surface area contributed by atoms with E-state index in [9.17, 15) is 5.11 Å². The Morgan fingerprint density at radius 2 is 2.05 bits per heavy atom. The maximum absolute atomic E-state index is 9.78. The molecular weight excluding hydrogens is 260 g/mol. The fraction of sp³-hybridized carbons (Fsp3) is 0.600. The minimum atomic E-state index is -0.212. The lowest BCUT2D eigenvalue weighted by molar-refractivity contribution is 0.101. The molecule has 1 heterocycles. The lowest BCUT2D eigenvalue weighted by Crippen LogP contribution is -2.53. The van der Waals surface area contributed by atoms with Gasteiger partial charge in [-0.1, -0.05) is 17.7 Å². The van der Waals surface area contributed by atoms with Crippen LogP contribution in [-0.2, 0) is 0 Å². The molecule has 0 aromatic heterocycles. The van der Waals surface area contributed by atoms with Gasteiger partial charge in [-0.3, -0.25) is 0 Å². The molecule has 0 amide bonds. The predicted octanol–water partition coefficient (Wildman–Crippen LogP) is 2.99. The Morgan fingerprint density at radius 1 is 1.37 bits per heavy atom. The number of likely N-dealkylation sites (tertiary alicyclic amines) is 1. The van der Waals surface area contributed by atoms with Crippen molar-refractivity contribution in [1.29, 1.82) is 0 Å². The number of rotatable bonds is 4. The number of piperidine rings is 1. The molecule has 4 heteroatoms. The third kappa shape index (κ3) is 3.62. The van der Waals surface area contributed by atoms with E-state index in [1.807, 2.05) is 24.3 Å². The van der Waals surface area contributed by atoms with Crippen molar-refractivity contribution in [2.75, 3.05) is 25.0 Å². The molecule has 0 radical (unpaired) electrons. The number of benzene rings is 1. The van der Waals surface area contributed by atoms with Gasteiger partial charge in [-0.05, 0) is 44.9 Å². The van der Waals surface area contributed by atoms with Crippen LogP contribution in [0, 0.1) is 0 Å². The average Bonchev–Trinajstić information content (AvgIpc) is 2.39. The van der Waals surface area contributed by atoms with E-state index < -0.39 is 0 Å². The van der Waals surface area contributed by atoms with Crippen LogP contribution in [0.25, 0.3) is 0 Å². The van der Waals surface area contributed by atoms with Crippen molar-refractivity contribution >= 4 is 17.3 Å². The first-order valence-corrected chi connectivity index (χ1v) is 7.31. The van der Waals surface area contributed by atoms with E-state index in [0.29, 0.717) is 6.04 Å². The predicted molar refractivity (Wildman–Crippen MR) is 80.8 cm³/mol. The zero-order valence-electron chi connectivity index (χ0n) is 11.7. The summed E-state index contributed by atoms with van der Waals surface area (Å²) in [5.41, 5.74) is 0.773. The molecule has 1 aliphatic heterocycles. The van der Waals surface area contributed by atoms with Crippen molar-refractivity contribution < 1.29 is 5.11 Å². The minimum Gasteiger partial charge on any atom is -0.394 e. The molecule has 1 aliphatic rings. The summed E-state index contributed by atoms with van der Waals surface area (Å²) >= 11 is 6.01. The Labute approximate surface area is 120 Å². The Balaban J connectivity index is 2.04. The van der Waals surface area contributed by atoms with Gasteiger partial charge in [0.05, 0.1) is 12.1 Å². The summed E-state index contributed by atoms with van der Waals surface area (Å²) in [4.78, 5) is 2.45. The summed E-state index contributed by atoms with van der Waals surface area (Å²) in [6.07, 6.45) is 1.91. The van der Waals surface area contributed by atoms with Crippen LogP contribution in [0.4, 0.5) is 5.69 Å². The summed E-state index contributed by atoms with van der Waals surface area (Å²) in [5.74, 6) is 0. The molecule has 0 unspecified atom stereocenters. The fourth-order valence-corrected chi connectivity index (χ4v) is 2.85. The van der Waals surface area contributed by atoms with Crippen LogP contribution >= 0.6 is 11.6 Å². The molecule has 1 aromatic rings. The molecular formula is C15H23ClN2O. The Kier molecular flexibility index (Phi) is 4.71. The van der Waals surface area contributed by atoms with Crippen LogP contribution in [0.5, 0.6) is 0 Å².